The van der Waals surface area contributed by atoms with Gasteiger partial charge in [-0.3, -0.25) is 14.5 Å². The second-order valence-corrected chi connectivity index (χ2v) is 7.68. The molecule has 1 fully saturated rings. The zero-order valence-corrected chi connectivity index (χ0v) is 15.7. The van der Waals surface area contributed by atoms with Crippen LogP contribution in [0.5, 0.6) is 0 Å². The number of hydrogen-bond acceptors (Lipinski definition) is 3. The first kappa shape index (κ1) is 16.3. The summed E-state index contributed by atoms with van der Waals surface area (Å²) in [5.74, 6) is 0.503. The van der Waals surface area contributed by atoms with Crippen LogP contribution < -0.4 is 5.56 Å². The van der Waals surface area contributed by atoms with E-state index in [9.17, 15) is 4.79 Å². The first-order chi connectivity index (χ1) is 13.1. The third kappa shape index (κ3) is 2.51. The van der Waals surface area contributed by atoms with E-state index in [1.165, 1.54) is 32.1 Å². The first-order valence-corrected chi connectivity index (χ1v) is 9.66. The second-order valence-electron chi connectivity index (χ2n) is 7.68. The predicted octanol–water partition coefficient (Wildman–Crippen LogP) is 3.93. The number of rotatable bonds is 2. The largest absolute Gasteiger partial charge is 0.296 e. The van der Waals surface area contributed by atoms with Gasteiger partial charge in [-0.25, -0.2) is 4.52 Å². The van der Waals surface area contributed by atoms with E-state index in [0.717, 1.165) is 33.7 Å². The third-order valence-electron chi connectivity index (χ3n) is 5.98. The van der Waals surface area contributed by atoms with Crippen LogP contribution in [0.2, 0.25) is 0 Å². The highest BCUT2D eigenvalue weighted by Crippen LogP contribution is 2.33. The van der Waals surface area contributed by atoms with Gasteiger partial charge in [0.25, 0.3) is 5.56 Å². The van der Waals surface area contributed by atoms with Crippen LogP contribution >= 0.6 is 0 Å². The Morgan fingerprint density at radius 3 is 2.70 bits per heavy atom. The maximum Gasteiger partial charge on any atom is 0.261 e. The Kier molecular flexibility index (Phi) is 3.67. The molecule has 0 atom stereocenters. The fraction of sp³-hybridized carbons (Fsp3) is 0.381. The molecule has 0 spiro atoms. The summed E-state index contributed by atoms with van der Waals surface area (Å²) in [7, 11) is 1.83. The molecule has 0 amide bonds. The average molecular weight is 361 g/mol. The van der Waals surface area contributed by atoms with Crippen molar-refractivity contribution in [1.29, 1.82) is 0 Å². The predicted molar refractivity (Wildman–Crippen MR) is 106 cm³/mol. The lowest BCUT2D eigenvalue weighted by Gasteiger charge is -2.19. The Hall–Kier alpha value is -2.89. The minimum absolute atomic E-state index is 0.0167. The van der Waals surface area contributed by atoms with E-state index in [1.54, 1.807) is 4.57 Å². The summed E-state index contributed by atoms with van der Waals surface area (Å²) < 4.78 is 3.66. The molecule has 6 heteroatoms. The van der Waals surface area contributed by atoms with Gasteiger partial charge in [0.05, 0.1) is 22.8 Å². The highest BCUT2D eigenvalue weighted by Gasteiger charge is 2.21. The molecule has 0 bridgehead atoms. The molecule has 1 N–H and O–H groups in total. The van der Waals surface area contributed by atoms with Crippen LogP contribution in [-0.2, 0) is 7.05 Å². The van der Waals surface area contributed by atoms with E-state index >= 15 is 0 Å². The van der Waals surface area contributed by atoms with Crippen LogP contribution in [0.15, 0.2) is 35.3 Å². The van der Waals surface area contributed by atoms with Crippen LogP contribution in [0.1, 0.15) is 49.4 Å². The summed E-state index contributed by atoms with van der Waals surface area (Å²) in [6, 6.07) is 8.05. The second kappa shape index (κ2) is 6.08. The fourth-order valence-corrected chi connectivity index (χ4v) is 4.38. The van der Waals surface area contributed by atoms with Gasteiger partial charge in [-0.15, -0.1) is 0 Å². The zero-order chi connectivity index (χ0) is 18.5. The van der Waals surface area contributed by atoms with Gasteiger partial charge >= 0.3 is 0 Å². The van der Waals surface area contributed by atoms with E-state index < -0.39 is 0 Å². The number of benzene rings is 1. The smallest absolute Gasteiger partial charge is 0.261 e. The summed E-state index contributed by atoms with van der Waals surface area (Å²) >= 11 is 0. The number of H-pyrrole nitrogens is 1. The van der Waals surface area contributed by atoms with Crippen molar-refractivity contribution in [2.45, 2.75) is 44.9 Å². The molecule has 0 unspecified atom stereocenters. The molecule has 0 aliphatic heterocycles. The topological polar surface area (TPSA) is 68.0 Å². The monoisotopic (exact) mass is 361 g/mol. The third-order valence-corrected chi connectivity index (χ3v) is 5.98. The van der Waals surface area contributed by atoms with Gasteiger partial charge in [0.1, 0.15) is 5.65 Å². The van der Waals surface area contributed by atoms with Gasteiger partial charge in [0.15, 0.2) is 0 Å². The van der Waals surface area contributed by atoms with Crippen LogP contribution in [0.4, 0.5) is 0 Å². The minimum atomic E-state index is 0.0167. The number of aromatic amines is 1. The first-order valence-electron chi connectivity index (χ1n) is 9.66. The van der Waals surface area contributed by atoms with Crippen molar-refractivity contribution >= 4 is 16.6 Å². The molecule has 27 heavy (non-hydrogen) atoms. The molecule has 1 aliphatic rings. The van der Waals surface area contributed by atoms with Crippen molar-refractivity contribution in [3.8, 4) is 11.1 Å². The Bertz CT molecular complexity index is 1210. The summed E-state index contributed by atoms with van der Waals surface area (Å²) in [5, 5.41) is 12.7. The van der Waals surface area contributed by atoms with Crippen molar-refractivity contribution < 1.29 is 0 Å². The van der Waals surface area contributed by atoms with Crippen LogP contribution in [0.3, 0.4) is 0 Å². The number of aryl methyl sites for hydroxylation is 2. The molecule has 0 saturated heterocycles. The van der Waals surface area contributed by atoms with E-state index in [1.807, 2.05) is 36.8 Å². The molecule has 1 aromatic carbocycles. The SMILES string of the molecule is Cc1[nH]ncc1-c1ccc2c(=O)n(C)c3cc(C4CCCCC4)nn3c2c1. The standard InChI is InChI=1S/C21H23N5O/c1-13-17(12-22-23-13)15-8-9-16-19(10-15)26-20(25(2)21(16)27)11-18(24-26)14-6-4-3-5-7-14/h8-12,14H,3-7H2,1-2H3,(H,22,23). The van der Waals surface area contributed by atoms with Gasteiger partial charge in [-0.05, 0) is 37.5 Å². The zero-order valence-electron chi connectivity index (χ0n) is 15.7. The summed E-state index contributed by atoms with van der Waals surface area (Å²) in [5.41, 5.74) is 5.94. The lowest BCUT2D eigenvalue weighted by Crippen LogP contribution is -2.19. The number of nitrogens with zero attached hydrogens (tertiary/aromatic N) is 4. The Morgan fingerprint density at radius 1 is 1.15 bits per heavy atom. The fourth-order valence-electron chi connectivity index (χ4n) is 4.38. The molecule has 5 rings (SSSR count). The van der Waals surface area contributed by atoms with Gasteiger partial charge in [0.2, 0.25) is 0 Å². The maximum atomic E-state index is 12.9. The molecule has 0 radical (unpaired) electrons. The average Bonchev–Trinajstić information content (AvgIpc) is 3.33. The molecule has 1 saturated carbocycles. The van der Waals surface area contributed by atoms with Gasteiger partial charge < -0.3 is 0 Å². The van der Waals surface area contributed by atoms with E-state index in [4.69, 9.17) is 5.10 Å². The minimum Gasteiger partial charge on any atom is -0.296 e. The van der Waals surface area contributed by atoms with Crippen molar-refractivity contribution in [3.63, 3.8) is 0 Å². The lowest BCUT2D eigenvalue weighted by molar-refractivity contribution is 0.435. The summed E-state index contributed by atoms with van der Waals surface area (Å²) in [4.78, 5) is 12.9. The molecule has 1 aliphatic carbocycles. The normalized spacial score (nSPS) is 15.8. The van der Waals surface area contributed by atoms with Gasteiger partial charge in [0, 0.05) is 30.3 Å². The number of aromatic nitrogens is 5. The van der Waals surface area contributed by atoms with E-state index in [0.29, 0.717) is 11.3 Å². The molecular weight excluding hydrogens is 338 g/mol. The number of nitrogens with one attached hydrogen (secondary N) is 1. The molecule has 3 aromatic heterocycles. The number of fused-ring (bicyclic) bond motifs is 3. The van der Waals surface area contributed by atoms with Crippen LogP contribution in [0.25, 0.3) is 27.7 Å². The molecule has 4 aromatic rings. The maximum absolute atomic E-state index is 12.9. The molecule has 6 nitrogen and oxygen atoms in total. The summed E-state index contributed by atoms with van der Waals surface area (Å²) in [6.45, 7) is 2.00. The van der Waals surface area contributed by atoms with Crippen molar-refractivity contribution in [1.82, 2.24) is 24.4 Å². The Morgan fingerprint density at radius 2 is 1.96 bits per heavy atom. The van der Waals surface area contributed by atoms with Gasteiger partial charge in [-0.2, -0.15) is 10.2 Å². The van der Waals surface area contributed by atoms with Crippen LogP contribution in [-0.4, -0.2) is 24.4 Å². The van der Waals surface area contributed by atoms with Crippen molar-refractivity contribution in [3.05, 3.63) is 52.2 Å². The summed E-state index contributed by atoms with van der Waals surface area (Å²) in [6.07, 6.45) is 8.05. The Balaban J connectivity index is 1.77. The van der Waals surface area contributed by atoms with E-state index in [-0.39, 0.29) is 5.56 Å². The highest BCUT2D eigenvalue weighted by atomic mass is 16.1. The molecule has 138 valence electrons. The van der Waals surface area contributed by atoms with Crippen molar-refractivity contribution in [2.75, 3.05) is 0 Å². The van der Waals surface area contributed by atoms with Crippen LogP contribution in [0, 0.1) is 6.92 Å². The Labute approximate surface area is 156 Å². The quantitative estimate of drug-likeness (QED) is 0.588. The van der Waals surface area contributed by atoms with E-state index in [2.05, 4.69) is 22.3 Å². The highest BCUT2D eigenvalue weighted by molar-refractivity contribution is 5.86. The number of hydrogen-bond donors (Lipinski definition) is 1. The molecule has 3 heterocycles. The molecular formula is C21H23N5O. The lowest BCUT2D eigenvalue weighted by atomic mass is 9.87. The van der Waals surface area contributed by atoms with Crippen molar-refractivity contribution in [2.24, 2.45) is 7.05 Å². The van der Waals surface area contributed by atoms with Gasteiger partial charge in [-0.1, -0.05) is 25.3 Å².